The molecule has 1 fully saturated rings. The standard InChI is InChI=1S/C18H31N2O11P/c1-17(2,3)15(24)27-9-8-20-16(25)28-11-30-32(26)29-10-18(4,5)13(31-32)14(23)19-7-6-12(21)22/h13H,6-11H2,1-5H3,(H,19,23)(H,20,25)(H,21,22)/t13-,32?/m0/s1. The zero-order valence-corrected chi connectivity index (χ0v) is 19.7. The fourth-order valence-electron chi connectivity index (χ4n) is 2.19. The van der Waals surface area contributed by atoms with Gasteiger partial charge < -0.3 is 25.2 Å². The Morgan fingerprint density at radius 1 is 1.12 bits per heavy atom. The Bertz CT molecular complexity index is 748. The zero-order chi connectivity index (χ0) is 24.6. The van der Waals surface area contributed by atoms with Crippen molar-refractivity contribution in [3.63, 3.8) is 0 Å². The fourth-order valence-corrected chi connectivity index (χ4v) is 3.70. The molecule has 3 N–H and O–H groups in total. The van der Waals surface area contributed by atoms with E-state index in [0.717, 1.165) is 0 Å². The van der Waals surface area contributed by atoms with Gasteiger partial charge in [0, 0.05) is 12.0 Å². The van der Waals surface area contributed by atoms with E-state index >= 15 is 0 Å². The lowest BCUT2D eigenvalue weighted by Gasteiger charge is -2.39. The number of amides is 2. The van der Waals surface area contributed by atoms with Crippen LogP contribution in [0.15, 0.2) is 0 Å². The van der Waals surface area contributed by atoms with E-state index < -0.39 is 55.5 Å². The highest BCUT2D eigenvalue weighted by Crippen LogP contribution is 2.57. The maximum atomic E-state index is 12.6. The van der Waals surface area contributed by atoms with E-state index in [4.69, 9.17) is 28.2 Å². The van der Waals surface area contributed by atoms with Gasteiger partial charge in [0.1, 0.15) is 6.61 Å². The Morgan fingerprint density at radius 2 is 1.78 bits per heavy atom. The van der Waals surface area contributed by atoms with Crippen LogP contribution in [0, 0.1) is 10.8 Å². The Balaban J connectivity index is 2.43. The molecule has 32 heavy (non-hydrogen) atoms. The maximum Gasteiger partial charge on any atom is 0.478 e. The largest absolute Gasteiger partial charge is 0.481 e. The minimum atomic E-state index is -4.23. The Kier molecular flexibility index (Phi) is 10.1. The van der Waals surface area contributed by atoms with Crippen LogP contribution in [-0.2, 0) is 42.0 Å². The van der Waals surface area contributed by atoms with E-state index in [1.165, 1.54) is 0 Å². The minimum absolute atomic E-state index is 0.0158. The molecule has 0 saturated carbocycles. The predicted octanol–water partition coefficient (Wildman–Crippen LogP) is 1.42. The number of ether oxygens (including phenoxy) is 2. The van der Waals surface area contributed by atoms with E-state index in [2.05, 4.69) is 10.6 Å². The summed E-state index contributed by atoms with van der Waals surface area (Å²) in [5.74, 6) is -2.19. The number of aliphatic carboxylic acids is 1. The summed E-state index contributed by atoms with van der Waals surface area (Å²) in [4.78, 5) is 46.1. The van der Waals surface area contributed by atoms with E-state index in [-0.39, 0.29) is 32.7 Å². The van der Waals surface area contributed by atoms with Crippen LogP contribution in [0.5, 0.6) is 0 Å². The second kappa shape index (κ2) is 11.6. The van der Waals surface area contributed by atoms with Crippen LogP contribution in [0.25, 0.3) is 0 Å². The number of phosphoric ester groups is 1. The highest BCUT2D eigenvalue weighted by atomic mass is 31.2. The summed E-state index contributed by atoms with van der Waals surface area (Å²) in [6, 6.07) is 0. The van der Waals surface area contributed by atoms with Gasteiger partial charge in [0.05, 0.1) is 25.0 Å². The van der Waals surface area contributed by atoms with Crippen LogP contribution in [0.1, 0.15) is 41.0 Å². The van der Waals surface area contributed by atoms with Crippen molar-refractivity contribution in [3.05, 3.63) is 0 Å². The minimum Gasteiger partial charge on any atom is -0.481 e. The monoisotopic (exact) mass is 482 g/mol. The van der Waals surface area contributed by atoms with Crippen LogP contribution in [0.3, 0.4) is 0 Å². The summed E-state index contributed by atoms with van der Waals surface area (Å²) in [7, 11) is -4.23. The zero-order valence-electron chi connectivity index (χ0n) is 18.8. The summed E-state index contributed by atoms with van der Waals surface area (Å²) >= 11 is 0. The number of alkyl carbamates (subject to hydrolysis) is 1. The maximum absolute atomic E-state index is 12.6. The first-order valence-corrected chi connectivity index (χ1v) is 11.3. The second-order valence-electron chi connectivity index (χ2n) is 8.62. The van der Waals surface area contributed by atoms with Gasteiger partial charge in [0.15, 0.2) is 6.10 Å². The van der Waals surface area contributed by atoms with Gasteiger partial charge in [0.25, 0.3) is 0 Å². The lowest BCUT2D eigenvalue weighted by atomic mass is 9.87. The lowest BCUT2D eigenvalue weighted by Crippen LogP contribution is -2.50. The molecule has 1 unspecified atom stereocenters. The van der Waals surface area contributed by atoms with E-state index in [1.54, 1.807) is 34.6 Å². The van der Waals surface area contributed by atoms with Crippen LogP contribution >= 0.6 is 7.82 Å². The number of carbonyl (C=O) groups excluding carboxylic acids is 3. The van der Waals surface area contributed by atoms with Gasteiger partial charge in [-0.2, -0.15) is 0 Å². The molecule has 1 saturated heterocycles. The van der Waals surface area contributed by atoms with E-state index in [9.17, 15) is 23.7 Å². The van der Waals surface area contributed by atoms with Crippen molar-refractivity contribution in [2.75, 3.05) is 33.1 Å². The normalized spacial score (nSPS) is 22.5. The SMILES string of the molecule is CC(C)(C)C(=O)OCCNC(=O)OCOP1(=O)OCC(C)(C)[C@H](C(=O)NCCC(=O)O)O1. The molecule has 1 heterocycles. The number of phosphoric acid groups is 1. The molecule has 1 rings (SSSR count). The number of carboxylic acids is 1. The molecule has 0 bridgehead atoms. The highest BCUT2D eigenvalue weighted by molar-refractivity contribution is 7.48. The van der Waals surface area contributed by atoms with Gasteiger partial charge in [-0.15, -0.1) is 0 Å². The second-order valence-corrected chi connectivity index (χ2v) is 10.2. The van der Waals surface area contributed by atoms with Gasteiger partial charge in [-0.1, -0.05) is 13.8 Å². The molecule has 0 aromatic carbocycles. The fraction of sp³-hybridized carbons (Fsp3) is 0.778. The number of hydrogen-bond donors (Lipinski definition) is 3. The predicted molar refractivity (Wildman–Crippen MR) is 108 cm³/mol. The van der Waals surface area contributed by atoms with Gasteiger partial charge in [-0.25, -0.2) is 13.9 Å². The summed E-state index contributed by atoms with van der Waals surface area (Å²) in [6.07, 6.45) is -2.46. The summed E-state index contributed by atoms with van der Waals surface area (Å²) in [5, 5.41) is 13.4. The molecular formula is C18H31N2O11P. The van der Waals surface area contributed by atoms with Gasteiger partial charge in [-0.3, -0.25) is 23.4 Å². The molecular weight excluding hydrogens is 451 g/mol. The Morgan fingerprint density at radius 3 is 2.38 bits per heavy atom. The number of carbonyl (C=O) groups is 4. The third kappa shape index (κ3) is 9.51. The number of rotatable bonds is 10. The quantitative estimate of drug-likeness (QED) is 0.178. The molecule has 13 nitrogen and oxygen atoms in total. The van der Waals surface area contributed by atoms with E-state index in [0.29, 0.717) is 0 Å². The van der Waals surface area contributed by atoms with Gasteiger partial charge >= 0.3 is 25.9 Å². The average Bonchev–Trinajstić information content (AvgIpc) is 2.66. The molecule has 0 aliphatic carbocycles. The smallest absolute Gasteiger partial charge is 0.478 e. The molecule has 184 valence electrons. The van der Waals surface area contributed by atoms with E-state index in [1.807, 2.05) is 0 Å². The third-order valence-electron chi connectivity index (χ3n) is 4.03. The first-order chi connectivity index (χ1) is 14.7. The molecule has 0 aromatic heterocycles. The lowest BCUT2D eigenvalue weighted by molar-refractivity contribution is -0.152. The molecule has 2 amide bonds. The van der Waals surface area contributed by atoms with Crippen molar-refractivity contribution in [1.82, 2.24) is 10.6 Å². The average molecular weight is 482 g/mol. The first kappa shape index (κ1) is 27.8. The van der Waals surface area contributed by atoms with Crippen LogP contribution < -0.4 is 10.6 Å². The van der Waals surface area contributed by atoms with Crippen LogP contribution in [-0.4, -0.2) is 68.2 Å². The highest BCUT2D eigenvalue weighted by Gasteiger charge is 2.49. The van der Waals surface area contributed by atoms with Crippen molar-refractivity contribution < 1.29 is 51.9 Å². The number of nitrogens with one attached hydrogen (secondary N) is 2. The molecule has 0 spiro atoms. The van der Waals surface area contributed by atoms with Gasteiger partial charge in [-0.05, 0) is 20.8 Å². The van der Waals surface area contributed by atoms with Crippen molar-refractivity contribution >= 4 is 31.8 Å². The number of esters is 1. The third-order valence-corrected chi connectivity index (χ3v) is 5.37. The summed E-state index contributed by atoms with van der Waals surface area (Å²) < 4.78 is 37.6. The van der Waals surface area contributed by atoms with Crippen molar-refractivity contribution in [1.29, 1.82) is 0 Å². The van der Waals surface area contributed by atoms with Crippen molar-refractivity contribution in [2.45, 2.75) is 47.1 Å². The van der Waals surface area contributed by atoms with Crippen molar-refractivity contribution in [3.8, 4) is 0 Å². The number of hydrogen-bond acceptors (Lipinski definition) is 10. The molecule has 14 heteroatoms. The van der Waals surface area contributed by atoms with Crippen LogP contribution in [0.4, 0.5) is 4.79 Å². The van der Waals surface area contributed by atoms with Crippen LogP contribution in [0.2, 0.25) is 0 Å². The van der Waals surface area contributed by atoms with Gasteiger partial charge in [0.2, 0.25) is 12.7 Å². The molecule has 1 aliphatic rings. The topological polar surface area (TPSA) is 176 Å². The van der Waals surface area contributed by atoms with Crippen molar-refractivity contribution in [2.24, 2.45) is 10.8 Å². The molecule has 1 aliphatic heterocycles. The number of carboxylic acid groups (broad SMARTS) is 1. The Hall–Kier alpha value is -2.21. The molecule has 0 radical (unpaired) electrons. The molecule has 0 aromatic rings. The first-order valence-electron chi connectivity index (χ1n) is 9.81. The molecule has 2 atom stereocenters. The summed E-state index contributed by atoms with van der Waals surface area (Å²) in [5.41, 5.74) is -1.55. The summed E-state index contributed by atoms with van der Waals surface area (Å²) in [6.45, 7) is 7.17. The Labute approximate surface area is 186 Å².